The van der Waals surface area contributed by atoms with E-state index in [4.69, 9.17) is 4.74 Å². The minimum atomic E-state index is 0.146. The van der Waals surface area contributed by atoms with Gasteiger partial charge in [-0.2, -0.15) is 5.10 Å². The van der Waals surface area contributed by atoms with Crippen molar-refractivity contribution in [2.75, 3.05) is 13.7 Å². The Bertz CT molecular complexity index is 457. The van der Waals surface area contributed by atoms with E-state index in [1.165, 1.54) is 4.88 Å². The number of nitrogens with one attached hydrogen (secondary N) is 1. The molecule has 0 radical (unpaired) electrons. The van der Waals surface area contributed by atoms with Crippen molar-refractivity contribution in [1.82, 2.24) is 15.1 Å². The lowest BCUT2D eigenvalue weighted by atomic mass is 10.1. The molecule has 98 valence electrons. The molecular weight excluding hydrogens is 246 g/mol. The number of thiophene rings is 1. The van der Waals surface area contributed by atoms with Gasteiger partial charge in [0.2, 0.25) is 0 Å². The lowest BCUT2D eigenvalue weighted by Crippen LogP contribution is -2.24. The molecule has 18 heavy (non-hydrogen) atoms. The van der Waals surface area contributed by atoms with Crippen LogP contribution in [0, 0.1) is 0 Å². The topological polar surface area (TPSA) is 39.1 Å². The van der Waals surface area contributed by atoms with E-state index in [-0.39, 0.29) is 6.04 Å². The smallest absolute Gasteiger partial charge is 0.161 e. The van der Waals surface area contributed by atoms with Crippen LogP contribution in [0.15, 0.2) is 23.7 Å². The Hall–Kier alpha value is -1.33. The predicted octanol–water partition coefficient (Wildman–Crippen LogP) is 2.67. The maximum atomic E-state index is 5.43. The largest absolute Gasteiger partial charge is 0.493 e. The zero-order valence-corrected chi connectivity index (χ0v) is 11.8. The molecule has 2 aromatic rings. The number of aryl methyl sites for hydroxylation is 1. The molecule has 0 aliphatic heterocycles. The third-order valence-corrected chi connectivity index (χ3v) is 3.81. The summed E-state index contributed by atoms with van der Waals surface area (Å²) in [5.74, 6) is 0.844. The summed E-state index contributed by atoms with van der Waals surface area (Å²) in [6.07, 6.45) is 1.79. The Morgan fingerprint density at radius 1 is 1.50 bits per heavy atom. The van der Waals surface area contributed by atoms with E-state index in [1.54, 1.807) is 24.6 Å². The van der Waals surface area contributed by atoms with Gasteiger partial charge in [0.05, 0.1) is 19.3 Å². The molecule has 2 aromatic heterocycles. The van der Waals surface area contributed by atoms with Crippen molar-refractivity contribution in [2.24, 2.45) is 0 Å². The molecule has 1 N–H and O–H groups in total. The Morgan fingerprint density at radius 2 is 2.33 bits per heavy atom. The standard InChI is InChI=1S/C13H19N3OS/c1-4-14-12(11-7-6-8-18-11)13-10(17-3)9-15-16(13)5-2/h6-9,12,14H,4-5H2,1-3H3. The Balaban J connectivity index is 2.44. The Labute approximate surface area is 112 Å². The number of ether oxygens (including phenoxy) is 1. The fourth-order valence-corrected chi connectivity index (χ4v) is 2.87. The van der Waals surface area contributed by atoms with E-state index in [1.807, 2.05) is 4.68 Å². The van der Waals surface area contributed by atoms with Gasteiger partial charge in [0.15, 0.2) is 5.75 Å². The SMILES string of the molecule is CCNC(c1cccs1)c1c(OC)cnn1CC. The summed E-state index contributed by atoms with van der Waals surface area (Å²) in [4.78, 5) is 1.28. The summed E-state index contributed by atoms with van der Waals surface area (Å²) in [6.45, 7) is 5.94. The van der Waals surface area contributed by atoms with Crippen LogP contribution in [0.5, 0.6) is 5.75 Å². The molecule has 2 heterocycles. The van der Waals surface area contributed by atoms with E-state index < -0.39 is 0 Å². The zero-order valence-electron chi connectivity index (χ0n) is 11.0. The minimum Gasteiger partial charge on any atom is -0.493 e. The van der Waals surface area contributed by atoms with E-state index >= 15 is 0 Å². The quantitative estimate of drug-likeness (QED) is 0.873. The highest BCUT2D eigenvalue weighted by Gasteiger charge is 2.23. The number of methoxy groups -OCH3 is 1. The molecule has 0 aliphatic carbocycles. The molecule has 5 heteroatoms. The molecule has 2 rings (SSSR count). The Morgan fingerprint density at radius 3 is 2.89 bits per heavy atom. The average Bonchev–Trinajstić information content (AvgIpc) is 3.04. The van der Waals surface area contributed by atoms with Crippen molar-refractivity contribution >= 4 is 11.3 Å². The van der Waals surface area contributed by atoms with Crippen LogP contribution >= 0.6 is 11.3 Å². The second-order valence-electron chi connectivity index (χ2n) is 3.92. The number of aromatic nitrogens is 2. The molecule has 4 nitrogen and oxygen atoms in total. The second-order valence-corrected chi connectivity index (χ2v) is 4.90. The average molecular weight is 265 g/mol. The summed E-state index contributed by atoms with van der Waals surface area (Å²) in [5.41, 5.74) is 1.10. The van der Waals surface area contributed by atoms with Crippen LogP contribution in [0.3, 0.4) is 0 Å². The van der Waals surface area contributed by atoms with Crippen LogP contribution in [0.4, 0.5) is 0 Å². The van der Waals surface area contributed by atoms with E-state index in [2.05, 4.69) is 41.8 Å². The molecule has 1 unspecified atom stereocenters. The summed E-state index contributed by atoms with van der Waals surface area (Å²) >= 11 is 1.75. The normalized spacial score (nSPS) is 12.6. The van der Waals surface area contributed by atoms with Crippen LogP contribution < -0.4 is 10.1 Å². The van der Waals surface area contributed by atoms with Crippen molar-refractivity contribution in [3.05, 3.63) is 34.3 Å². The third-order valence-electron chi connectivity index (χ3n) is 2.87. The maximum Gasteiger partial charge on any atom is 0.161 e. The fourth-order valence-electron chi connectivity index (χ4n) is 2.07. The first-order chi connectivity index (χ1) is 8.81. The van der Waals surface area contributed by atoms with Crippen molar-refractivity contribution in [3.8, 4) is 5.75 Å². The van der Waals surface area contributed by atoms with Crippen molar-refractivity contribution < 1.29 is 4.74 Å². The van der Waals surface area contributed by atoms with Crippen molar-refractivity contribution in [3.63, 3.8) is 0 Å². The first kappa shape index (κ1) is 13.1. The van der Waals surface area contributed by atoms with Gasteiger partial charge in [0.25, 0.3) is 0 Å². The highest BCUT2D eigenvalue weighted by molar-refractivity contribution is 7.10. The highest BCUT2D eigenvalue weighted by atomic mass is 32.1. The molecule has 0 amide bonds. The third kappa shape index (κ3) is 2.42. The van der Waals surface area contributed by atoms with Crippen molar-refractivity contribution in [1.29, 1.82) is 0 Å². The number of hydrogen-bond acceptors (Lipinski definition) is 4. The predicted molar refractivity (Wildman–Crippen MR) is 74.3 cm³/mol. The monoisotopic (exact) mass is 265 g/mol. The summed E-state index contributed by atoms with van der Waals surface area (Å²) < 4.78 is 7.43. The molecule has 0 fully saturated rings. The van der Waals surface area contributed by atoms with Gasteiger partial charge in [0.1, 0.15) is 5.69 Å². The summed E-state index contributed by atoms with van der Waals surface area (Å²) in [7, 11) is 1.69. The number of hydrogen-bond donors (Lipinski definition) is 1. The first-order valence-corrected chi connectivity index (χ1v) is 7.06. The molecular formula is C13H19N3OS. The van der Waals surface area contributed by atoms with Gasteiger partial charge in [0, 0.05) is 11.4 Å². The van der Waals surface area contributed by atoms with Crippen LogP contribution in [0.25, 0.3) is 0 Å². The van der Waals surface area contributed by atoms with Crippen LogP contribution in [-0.2, 0) is 6.54 Å². The molecule has 0 spiro atoms. The molecule has 0 saturated heterocycles. The second kappa shape index (κ2) is 6.02. The lowest BCUT2D eigenvalue weighted by Gasteiger charge is -2.19. The minimum absolute atomic E-state index is 0.146. The van der Waals surface area contributed by atoms with Crippen LogP contribution in [0.2, 0.25) is 0 Å². The first-order valence-electron chi connectivity index (χ1n) is 6.18. The maximum absolute atomic E-state index is 5.43. The fraction of sp³-hybridized carbons (Fsp3) is 0.462. The van der Waals surface area contributed by atoms with Gasteiger partial charge in [-0.25, -0.2) is 0 Å². The lowest BCUT2D eigenvalue weighted by molar-refractivity contribution is 0.400. The molecule has 0 saturated carbocycles. The summed E-state index contributed by atoms with van der Waals surface area (Å²) in [6, 6.07) is 4.36. The molecule has 0 aliphatic rings. The van der Waals surface area contributed by atoms with Gasteiger partial charge in [-0.15, -0.1) is 11.3 Å². The molecule has 1 atom stereocenters. The van der Waals surface area contributed by atoms with Gasteiger partial charge in [-0.05, 0) is 24.9 Å². The van der Waals surface area contributed by atoms with Crippen LogP contribution in [-0.4, -0.2) is 23.4 Å². The van der Waals surface area contributed by atoms with Gasteiger partial charge >= 0.3 is 0 Å². The van der Waals surface area contributed by atoms with E-state index in [0.29, 0.717) is 0 Å². The van der Waals surface area contributed by atoms with E-state index in [9.17, 15) is 0 Å². The highest BCUT2D eigenvalue weighted by Crippen LogP contribution is 2.32. The van der Waals surface area contributed by atoms with Gasteiger partial charge in [-0.3, -0.25) is 4.68 Å². The number of rotatable bonds is 6. The zero-order chi connectivity index (χ0) is 13.0. The number of nitrogens with zero attached hydrogens (tertiary/aromatic N) is 2. The molecule has 0 aromatic carbocycles. The van der Waals surface area contributed by atoms with Gasteiger partial charge < -0.3 is 10.1 Å². The summed E-state index contributed by atoms with van der Waals surface area (Å²) in [5, 5.41) is 9.98. The van der Waals surface area contributed by atoms with E-state index in [0.717, 1.165) is 24.5 Å². The Kier molecular flexibility index (Phi) is 4.38. The van der Waals surface area contributed by atoms with Crippen molar-refractivity contribution in [2.45, 2.75) is 26.4 Å². The van der Waals surface area contributed by atoms with Crippen LogP contribution in [0.1, 0.15) is 30.5 Å². The molecule has 0 bridgehead atoms. The van der Waals surface area contributed by atoms with Gasteiger partial charge in [-0.1, -0.05) is 13.0 Å².